The Kier molecular flexibility index (Phi) is 6.40. The van der Waals surface area contributed by atoms with Gasteiger partial charge in [-0.3, -0.25) is 4.79 Å². The van der Waals surface area contributed by atoms with Crippen LogP contribution in [0.5, 0.6) is 0 Å². The fourth-order valence-electron chi connectivity index (χ4n) is 4.48. The molecule has 0 aliphatic carbocycles. The Morgan fingerprint density at radius 2 is 1.92 bits per heavy atom. The summed E-state index contributed by atoms with van der Waals surface area (Å²) in [4.78, 5) is 24.2. The average molecular weight is 512 g/mol. The molecule has 1 amide bonds. The number of nitrogen functional groups attached to an aromatic ring is 1. The number of nitrogens with two attached hydrogens (primary N) is 1. The van der Waals surface area contributed by atoms with Crippen LogP contribution in [0.4, 0.5) is 24.8 Å². The third kappa shape index (κ3) is 5.19. The Morgan fingerprint density at radius 3 is 2.67 bits per heavy atom. The molecule has 0 spiro atoms. The lowest BCUT2D eigenvalue weighted by molar-refractivity contribution is -0.137. The minimum Gasteiger partial charge on any atom is -0.368 e. The van der Waals surface area contributed by atoms with Crippen molar-refractivity contribution < 1.29 is 18.0 Å². The summed E-state index contributed by atoms with van der Waals surface area (Å²) in [6, 6.07) is 11.2. The van der Waals surface area contributed by atoms with E-state index in [4.69, 9.17) is 5.73 Å². The van der Waals surface area contributed by atoms with Gasteiger partial charge in [-0.25, -0.2) is 9.97 Å². The monoisotopic (exact) mass is 511 g/mol. The number of alkyl halides is 3. The van der Waals surface area contributed by atoms with E-state index in [0.29, 0.717) is 16.6 Å². The van der Waals surface area contributed by atoms with E-state index in [1.54, 1.807) is 23.7 Å². The van der Waals surface area contributed by atoms with E-state index >= 15 is 0 Å². The number of halogens is 3. The minimum atomic E-state index is -4.50. The average Bonchev–Trinajstić information content (AvgIpc) is 3.34. The third-order valence-electron chi connectivity index (χ3n) is 6.48. The van der Waals surface area contributed by atoms with Gasteiger partial charge in [0.05, 0.1) is 16.6 Å². The first-order valence-corrected chi connectivity index (χ1v) is 12.4. The van der Waals surface area contributed by atoms with Crippen molar-refractivity contribution in [2.75, 3.05) is 31.2 Å². The zero-order chi connectivity index (χ0) is 25.4. The number of hydrogen-bond acceptors (Lipinski definition) is 6. The van der Waals surface area contributed by atoms with Gasteiger partial charge in [0.15, 0.2) is 0 Å². The molecule has 1 fully saturated rings. The molecular weight excluding hydrogens is 487 g/mol. The number of carbonyl (C=O) groups is 1. The van der Waals surface area contributed by atoms with E-state index in [0.717, 1.165) is 47.8 Å². The molecule has 0 radical (unpaired) electrons. The fourth-order valence-corrected chi connectivity index (χ4v) is 5.36. The number of rotatable bonds is 4. The second kappa shape index (κ2) is 9.51. The van der Waals surface area contributed by atoms with Crippen LogP contribution in [0.3, 0.4) is 0 Å². The molecule has 5 rings (SSSR count). The van der Waals surface area contributed by atoms with Crippen LogP contribution >= 0.6 is 11.3 Å². The number of benzene rings is 2. The van der Waals surface area contributed by atoms with E-state index in [1.807, 2.05) is 25.2 Å². The first-order chi connectivity index (χ1) is 17.2. The topological polar surface area (TPSA) is 84.1 Å². The number of anilines is 2. The Morgan fingerprint density at radius 1 is 1.14 bits per heavy atom. The van der Waals surface area contributed by atoms with Crippen molar-refractivity contribution in [2.45, 2.75) is 24.9 Å². The number of fused-ring (bicyclic) bond motifs is 1. The van der Waals surface area contributed by atoms with Crippen molar-refractivity contribution in [3.63, 3.8) is 0 Å². The van der Waals surface area contributed by atoms with Crippen molar-refractivity contribution >= 4 is 39.8 Å². The molecule has 0 saturated carbocycles. The molecule has 4 aromatic rings. The molecule has 186 valence electrons. The van der Waals surface area contributed by atoms with Gasteiger partial charge in [0.25, 0.3) is 5.91 Å². The summed E-state index contributed by atoms with van der Waals surface area (Å²) in [5.41, 5.74) is 7.61. The van der Waals surface area contributed by atoms with Crippen LogP contribution in [0.25, 0.3) is 21.3 Å². The lowest BCUT2D eigenvalue weighted by Crippen LogP contribution is -2.29. The largest absolute Gasteiger partial charge is 0.416 e. The van der Waals surface area contributed by atoms with Crippen LogP contribution in [0.15, 0.2) is 54.0 Å². The molecule has 3 N–H and O–H groups in total. The highest BCUT2D eigenvalue weighted by Gasteiger charge is 2.32. The maximum atomic E-state index is 13.6. The van der Waals surface area contributed by atoms with Gasteiger partial charge in [-0.2, -0.15) is 13.2 Å². The number of amides is 1. The molecule has 0 bridgehead atoms. The van der Waals surface area contributed by atoms with Gasteiger partial charge < -0.3 is 16.0 Å². The second-order valence-electron chi connectivity index (χ2n) is 9.07. The van der Waals surface area contributed by atoms with Gasteiger partial charge in [0.1, 0.15) is 0 Å². The lowest BCUT2D eigenvalue weighted by atomic mass is 9.88. The summed E-state index contributed by atoms with van der Waals surface area (Å²) in [5, 5.41) is 5.19. The zero-order valence-electron chi connectivity index (χ0n) is 19.5. The van der Waals surface area contributed by atoms with Crippen molar-refractivity contribution in [1.29, 1.82) is 0 Å². The summed E-state index contributed by atoms with van der Waals surface area (Å²) in [5.74, 6) is -0.235. The van der Waals surface area contributed by atoms with Gasteiger partial charge in [0, 0.05) is 27.5 Å². The molecule has 6 nitrogen and oxygen atoms in total. The molecule has 2 aromatic carbocycles. The van der Waals surface area contributed by atoms with Gasteiger partial charge in [-0.15, -0.1) is 11.3 Å². The fraction of sp³-hybridized carbons (Fsp3) is 0.269. The highest BCUT2D eigenvalue weighted by molar-refractivity contribution is 7.13. The molecule has 0 unspecified atom stereocenters. The molecule has 2 aromatic heterocycles. The van der Waals surface area contributed by atoms with Gasteiger partial charge in [-0.1, -0.05) is 6.07 Å². The molecule has 10 heteroatoms. The minimum absolute atomic E-state index is 0.0270. The van der Waals surface area contributed by atoms with Crippen molar-refractivity contribution in [3.05, 3.63) is 70.7 Å². The van der Waals surface area contributed by atoms with Crippen molar-refractivity contribution in [1.82, 2.24) is 14.9 Å². The van der Waals surface area contributed by atoms with E-state index in [2.05, 4.69) is 20.2 Å². The van der Waals surface area contributed by atoms with Gasteiger partial charge >= 0.3 is 6.18 Å². The van der Waals surface area contributed by atoms with Crippen LogP contribution < -0.4 is 11.1 Å². The molecule has 36 heavy (non-hydrogen) atoms. The predicted molar refractivity (Wildman–Crippen MR) is 136 cm³/mol. The number of nitrogens with one attached hydrogen (secondary N) is 1. The van der Waals surface area contributed by atoms with Crippen LogP contribution in [0.2, 0.25) is 0 Å². The Hall–Kier alpha value is -3.50. The van der Waals surface area contributed by atoms with Crippen molar-refractivity contribution in [2.24, 2.45) is 0 Å². The van der Waals surface area contributed by atoms with E-state index in [9.17, 15) is 18.0 Å². The second-order valence-corrected chi connectivity index (χ2v) is 9.99. The number of piperidine rings is 1. The van der Waals surface area contributed by atoms with Crippen LogP contribution in [-0.4, -0.2) is 40.9 Å². The van der Waals surface area contributed by atoms with Crippen LogP contribution in [0.1, 0.15) is 40.2 Å². The summed E-state index contributed by atoms with van der Waals surface area (Å²) in [7, 11) is 2.00. The van der Waals surface area contributed by atoms with Crippen molar-refractivity contribution in [3.8, 4) is 10.4 Å². The van der Waals surface area contributed by atoms with E-state index < -0.39 is 17.6 Å². The summed E-state index contributed by atoms with van der Waals surface area (Å²) in [6.07, 6.45) is -1.30. The third-order valence-corrected chi connectivity index (χ3v) is 7.45. The van der Waals surface area contributed by atoms with Gasteiger partial charge in [-0.05, 0) is 86.4 Å². The Labute approximate surface area is 210 Å². The number of nitrogens with zero attached hydrogens (tertiary/aromatic N) is 3. The molecule has 1 aliphatic rings. The maximum Gasteiger partial charge on any atom is 0.416 e. The summed E-state index contributed by atoms with van der Waals surface area (Å²) >= 11 is 1.38. The quantitative estimate of drug-likeness (QED) is 0.350. The summed E-state index contributed by atoms with van der Waals surface area (Å²) in [6.45, 7) is 1.66. The maximum absolute atomic E-state index is 13.6. The number of hydrogen-bond donors (Lipinski definition) is 2. The highest BCUT2D eigenvalue weighted by Crippen LogP contribution is 2.37. The highest BCUT2D eigenvalue weighted by atomic mass is 32.1. The number of likely N-dealkylation sites (tertiary alicyclic amines) is 1. The summed E-state index contributed by atoms with van der Waals surface area (Å²) < 4.78 is 40.9. The molecule has 3 heterocycles. The lowest BCUT2D eigenvalue weighted by Gasteiger charge is -2.29. The molecular formula is C26H24F3N5OS. The Bertz CT molecular complexity index is 1430. The van der Waals surface area contributed by atoms with E-state index in [-0.39, 0.29) is 17.6 Å². The van der Waals surface area contributed by atoms with Crippen LogP contribution in [0, 0.1) is 0 Å². The Balaban J connectivity index is 1.39. The molecule has 1 saturated heterocycles. The standard InChI is InChI=1S/C26H24F3N5OS/c1-34-6-4-15(5-7-34)17-9-20(26(27,28)29)12-21(10-17)32-24(35)19-11-23(36-14-19)16-2-3-22-18(8-16)13-31-25(30)33-22/h2-3,8-15H,4-7H2,1H3,(H,32,35)(H2,30,31,33). The number of aromatic nitrogens is 2. The first kappa shape index (κ1) is 24.2. The van der Waals surface area contributed by atoms with Crippen LogP contribution in [-0.2, 0) is 6.18 Å². The number of thiophene rings is 1. The van der Waals surface area contributed by atoms with E-state index in [1.165, 1.54) is 17.4 Å². The SMILES string of the molecule is CN1CCC(c2cc(NC(=O)c3csc(-c4ccc5nc(N)ncc5c4)c3)cc(C(F)(F)F)c2)CC1. The smallest absolute Gasteiger partial charge is 0.368 e. The predicted octanol–water partition coefficient (Wildman–Crippen LogP) is 6.02. The zero-order valence-corrected chi connectivity index (χ0v) is 20.3. The molecule has 0 atom stereocenters. The normalized spacial score (nSPS) is 15.3. The first-order valence-electron chi connectivity index (χ1n) is 11.5. The number of carbonyl (C=O) groups excluding carboxylic acids is 1. The molecule has 1 aliphatic heterocycles. The van der Waals surface area contributed by atoms with Gasteiger partial charge in [0.2, 0.25) is 5.95 Å².